The van der Waals surface area contributed by atoms with Crippen LogP contribution in [0.5, 0.6) is 5.75 Å². The van der Waals surface area contributed by atoms with E-state index in [1.165, 1.54) is 7.11 Å². The number of carbonyl (C=O) groups excluding carboxylic acids is 1. The van der Waals surface area contributed by atoms with E-state index in [0.717, 1.165) is 22.3 Å². The first-order valence-corrected chi connectivity index (χ1v) is 8.94. The number of phenolic OH excluding ortho intramolecular Hbond substituents is 1. The Morgan fingerprint density at radius 2 is 1.92 bits per heavy atom. The molecule has 2 aromatic rings. The van der Waals surface area contributed by atoms with Crippen LogP contribution in [0.3, 0.4) is 0 Å². The molecule has 0 aliphatic heterocycles. The van der Waals surface area contributed by atoms with E-state index in [2.05, 4.69) is 0 Å². The second kappa shape index (κ2) is 8.11. The molecule has 0 bridgehead atoms. The highest BCUT2D eigenvalue weighted by atomic mass is 35.5. The second-order valence-corrected chi connectivity index (χ2v) is 6.97. The molecular formula is C20H22Cl2O3. The molecule has 1 unspecified atom stereocenters. The molecule has 2 rings (SSSR count). The van der Waals surface area contributed by atoms with Crippen molar-refractivity contribution in [3.63, 3.8) is 0 Å². The van der Waals surface area contributed by atoms with Gasteiger partial charge in [-0.05, 0) is 66.6 Å². The largest absolute Gasteiger partial charge is 0.507 e. The van der Waals surface area contributed by atoms with Crippen LogP contribution in [0.25, 0.3) is 0 Å². The zero-order chi connectivity index (χ0) is 18.7. The Morgan fingerprint density at radius 3 is 2.48 bits per heavy atom. The van der Waals surface area contributed by atoms with E-state index in [9.17, 15) is 9.90 Å². The van der Waals surface area contributed by atoms with E-state index in [0.29, 0.717) is 23.4 Å². The number of benzene rings is 2. The summed E-state index contributed by atoms with van der Waals surface area (Å²) in [6.07, 6.45) is 1.13. The zero-order valence-electron chi connectivity index (χ0n) is 14.8. The van der Waals surface area contributed by atoms with Gasteiger partial charge in [-0.2, -0.15) is 0 Å². The van der Waals surface area contributed by atoms with Crippen molar-refractivity contribution in [2.45, 2.75) is 39.0 Å². The Bertz CT molecular complexity index is 800. The SMILES string of the molecule is CCc1c(C)c(CC(Cl)c2cccc(Cl)c2)c(C)c(C(=O)OC)c1O. The summed E-state index contributed by atoms with van der Waals surface area (Å²) >= 11 is 12.7. The fourth-order valence-electron chi connectivity index (χ4n) is 3.21. The summed E-state index contributed by atoms with van der Waals surface area (Å²) in [5.41, 5.74) is 4.49. The molecule has 1 atom stereocenters. The normalized spacial score (nSPS) is 12.1. The summed E-state index contributed by atoms with van der Waals surface area (Å²) in [4.78, 5) is 12.2. The van der Waals surface area contributed by atoms with Crippen LogP contribution in [0.15, 0.2) is 24.3 Å². The molecule has 0 amide bonds. The lowest BCUT2D eigenvalue weighted by atomic mass is 9.87. The van der Waals surface area contributed by atoms with Crippen molar-refractivity contribution in [1.82, 2.24) is 0 Å². The summed E-state index contributed by atoms with van der Waals surface area (Å²) in [5, 5.41) is 10.8. The highest BCUT2D eigenvalue weighted by Gasteiger charge is 2.25. The highest BCUT2D eigenvalue weighted by molar-refractivity contribution is 6.30. The number of rotatable bonds is 5. The number of hydrogen-bond donors (Lipinski definition) is 1. The number of alkyl halides is 1. The van der Waals surface area contributed by atoms with Gasteiger partial charge in [-0.1, -0.05) is 30.7 Å². The van der Waals surface area contributed by atoms with E-state index in [-0.39, 0.29) is 16.7 Å². The standard InChI is InChI=1S/C20H22Cl2O3/c1-5-15-11(2)16(12(3)18(19(15)23)20(24)25-4)10-17(22)13-7-6-8-14(21)9-13/h6-9,17,23H,5,10H2,1-4H3. The predicted molar refractivity (Wildman–Crippen MR) is 102 cm³/mol. The number of esters is 1. The Balaban J connectivity index is 2.55. The number of carbonyl (C=O) groups is 1. The molecule has 0 fully saturated rings. The van der Waals surface area contributed by atoms with Crippen LogP contribution in [0.2, 0.25) is 5.02 Å². The van der Waals surface area contributed by atoms with E-state index in [1.54, 1.807) is 6.07 Å². The maximum atomic E-state index is 12.2. The third-order valence-corrected chi connectivity index (χ3v) is 5.23. The molecule has 0 spiro atoms. The molecule has 0 aliphatic rings. The van der Waals surface area contributed by atoms with Gasteiger partial charge in [0.05, 0.1) is 12.5 Å². The molecular weight excluding hydrogens is 359 g/mol. The van der Waals surface area contributed by atoms with Crippen LogP contribution in [-0.4, -0.2) is 18.2 Å². The lowest BCUT2D eigenvalue weighted by molar-refractivity contribution is 0.0596. The number of phenols is 1. The molecule has 0 radical (unpaired) electrons. The van der Waals surface area contributed by atoms with E-state index >= 15 is 0 Å². The van der Waals surface area contributed by atoms with Crippen molar-refractivity contribution >= 4 is 29.2 Å². The number of hydrogen-bond acceptors (Lipinski definition) is 3. The first-order chi connectivity index (χ1) is 11.8. The average Bonchev–Trinajstić information content (AvgIpc) is 2.58. The van der Waals surface area contributed by atoms with Gasteiger partial charge in [0.15, 0.2) is 0 Å². The van der Waals surface area contributed by atoms with Gasteiger partial charge in [-0.3, -0.25) is 0 Å². The first kappa shape index (κ1) is 19.6. The maximum Gasteiger partial charge on any atom is 0.341 e. The van der Waals surface area contributed by atoms with Gasteiger partial charge in [0.2, 0.25) is 0 Å². The van der Waals surface area contributed by atoms with E-state index in [1.807, 2.05) is 39.0 Å². The van der Waals surface area contributed by atoms with Crippen LogP contribution in [0.4, 0.5) is 0 Å². The molecule has 0 heterocycles. The lowest BCUT2D eigenvalue weighted by Gasteiger charge is -2.21. The van der Waals surface area contributed by atoms with Crippen molar-refractivity contribution < 1.29 is 14.6 Å². The van der Waals surface area contributed by atoms with Gasteiger partial charge in [-0.25, -0.2) is 4.79 Å². The maximum absolute atomic E-state index is 12.2. The molecule has 3 nitrogen and oxygen atoms in total. The molecule has 2 aromatic carbocycles. The quantitative estimate of drug-likeness (QED) is 0.547. The van der Waals surface area contributed by atoms with Gasteiger partial charge >= 0.3 is 5.97 Å². The van der Waals surface area contributed by atoms with Crippen LogP contribution >= 0.6 is 23.2 Å². The average molecular weight is 381 g/mol. The molecule has 0 aliphatic carbocycles. The monoisotopic (exact) mass is 380 g/mol. The van der Waals surface area contributed by atoms with E-state index in [4.69, 9.17) is 27.9 Å². The Labute approximate surface area is 158 Å². The smallest absolute Gasteiger partial charge is 0.341 e. The Kier molecular flexibility index (Phi) is 6.36. The minimum Gasteiger partial charge on any atom is -0.507 e. The summed E-state index contributed by atoms with van der Waals surface area (Å²) in [5.74, 6) is -0.540. The van der Waals surface area contributed by atoms with Crippen LogP contribution < -0.4 is 0 Å². The Hall–Kier alpha value is -1.71. The number of methoxy groups -OCH3 is 1. The molecule has 1 N–H and O–H groups in total. The third kappa shape index (κ3) is 3.94. The minimum absolute atomic E-state index is 0.00183. The van der Waals surface area contributed by atoms with E-state index < -0.39 is 5.97 Å². The fraction of sp³-hybridized carbons (Fsp3) is 0.350. The molecule has 0 saturated carbocycles. The van der Waals surface area contributed by atoms with Crippen LogP contribution in [0, 0.1) is 13.8 Å². The molecule has 134 valence electrons. The van der Waals surface area contributed by atoms with Gasteiger partial charge in [0.25, 0.3) is 0 Å². The second-order valence-electron chi connectivity index (χ2n) is 6.00. The van der Waals surface area contributed by atoms with Crippen LogP contribution in [-0.2, 0) is 17.6 Å². The molecule has 0 saturated heterocycles. The predicted octanol–water partition coefficient (Wildman–Crippen LogP) is 5.53. The topological polar surface area (TPSA) is 46.5 Å². The van der Waals surface area contributed by atoms with Gasteiger partial charge < -0.3 is 9.84 Å². The summed E-state index contributed by atoms with van der Waals surface area (Å²) in [6, 6.07) is 7.43. The molecule has 25 heavy (non-hydrogen) atoms. The zero-order valence-corrected chi connectivity index (χ0v) is 16.3. The van der Waals surface area contributed by atoms with Crippen molar-refractivity contribution in [1.29, 1.82) is 0 Å². The fourth-order valence-corrected chi connectivity index (χ4v) is 3.70. The Morgan fingerprint density at radius 1 is 1.24 bits per heavy atom. The van der Waals surface area contributed by atoms with Crippen molar-refractivity contribution in [3.8, 4) is 5.75 Å². The van der Waals surface area contributed by atoms with Gasteiger partial charge in [0, 0.05) is 5.02 Å². The van der Waals surface area contributed by atoms with Gasteiger partial charge in [-0.15, -0.1) is 11.6 Å². The number of aromatic hydroxyl groups is 1. The number of ether oxygens (including phenoxy) is 1. The summed E-state index contributed by atoms with van der Waals surface area (Å²) in [7, 11) is 1.31. The van der Waals surface area contributed by atoms with Crippen molar-refractivity contribution in [2.24, 2.45) is 0 Å². The van der Waals surface area contributed by atoms with Gasteiger partial charge in [0.1, 0.15) is 11.3 Å². The van der Waals surface area contributed by atoms with Crippen LogP contribution in [0.1, 0.15) is 50.5 Å². The number of halogens is 2. The lowest BCUT2D eigenvalue weighted by Crippen LogP contribution is -2.12. The van der Waals surface area contributed by atoms with Crippen molar-refractivity contribution in [2.75, 3.05) is 7.11 Å². The summed E-state index contributed by atoms with van der Waals surface area (Å²) in [6.45, 7) is 5.70. The third-order valence-electron chi connectivity index (χ3n) is 4.59. The highest BCUT2D eigenvalue weighted by Crippen LogP contribution is 2.37. The minimum atomic E-state index is -0.542. The molecule has 5 heteroatoms. The van der Waals surface area contributed by atoms with Crippen molar-refractivity contribution in [3.05, 3.63) is 62.7 Å². The first-order valence-electron chi connectivity index (χ1n) is 8.13. The molecule has 0 aromatic heterocycles. The summed E-state index contributed by atoms with van der Waals surface area (Å²) < 4.78 is 4.85.